The summed E-state index contributed by atoms with van der Waals surface area (Å²) in [4.78, 5) is 15.1. The van der Waals surface area contributed by atoms with Crippen LogP contribution in [-0.2, 0) is 9.53 Å². The predicted octanol–water partition coefficient (Wildman–Crippen LogP) is 2.07. The Morgan fingerprint density at radius 3 is 2.77 bits per heavy atom. The number of ether oxygens (including phenoxy) is 1. The summed E-state index contributed by atoms with van der Waals surface area (Å²) in [5.74, 6) is 2.30. The average molecular weight is 320 g/mol. The molecular formula is C17H24N2O2S. The maximum absolute atomic E-state index is 12.8. The number of carbonyl (C=O) groups excluding carboxylic acids is 1. The van der Waals surface area contributed by atoms with Crippen molar-refractivity contribution in [2.24, 2.45) is 0 Å². The van der Waals surface area contributed by atoms with Gasteiger partial charge >= 0.3 is 0 Å². The fourth-order valence-corrected chi connectivity index (χ4v) is 4.05. The first-order valence-corrected chi connectivity index (χ1v) is 9.26. The molecule has 22 heavy (non-hydrogen) atoms. The van der Waals surface area contributed by atoms with E-state index in [1.165, 1.54) is 0 Å². The lowest BCUT2D eigenvalue weighted by Gasteiger charge is -2.33. The lowest BCUT2D eigenvalue weighted by atomic mass is 10.0. The van der Waals surface area contributed by atoms with Gasteiger partial charge in [-0.1, -0.05) is 30.3 Å². The van der Waals surface area contributed by atoms with Crippen LogP contribution in [0, 0.1) is 0 Å². The largest absolute Gasteiger partial charge is 0.376 e. The van der Waals surface area contributed by atoms with Crippen molar-refractivity contribution in [1.29, 1.82) is 0 Å². The second-order valence-corrected chi connectivity index (χ2v) is 7.07. The molecule has 120 valence electrons. The normalized spacial score (nSPS) is 24.1. The van der Waals surface area contributed by atoms with Crippen LogP contribution in [0.2, 0.25) is 0 Å². The molecular weight excluding hydrogens is 296 g/mol. The summed E-state index contributed by atoms with van der Waals surface area (Å²) >= 11 is 1.96. The second kappa shape index (κ2) is 7.99. The number of thioether (sulfide) groups is 1. The van der Waals surface area contributed by atoms with Gasteiger partial charge in [0.1, 0.15) is 6.04 Å². The Morgan fingerprint density at radius 1 is 1.32 bits per heavy atom. The molecule has 2 heterocycles. The van der Waals surface area contributed by atoms with E-state index in [1.54, 1.807) is 0 Å². The van der Waals surface area contributed by atoms with Crippen LogP contribution in [0.4, 0.5) is 0 Å². The molecule has 0 unspecified atom stereocenters. The minimum atomic E-state index is -0.177. The SMILES string of the molecule is O=C(NC[C@H]1CCCO1)[C@@H](c1ccccc1)N1CCSCC1. The van der Waals surface area contributed by atoms with Crippen LogP contribution in [0.1, 0.15) is 24.4 Å². The molecule has 0 saturated carbocycles. The number of benzene rings is 1. The third-order valence-corrected chi connectivity index (χ3v) is 5.24. The summed E-state index contributed by atoms with van der Waals surface area (Å²) in [7, 11) is 0. The van der Waals surface area contributed by atoms with Crippen molar-refractivity contribution >= 4 is 17.7 Å². The van der Waals surface area contributed by atoms with E-state index < -0.39 is 0 Å². The molecule has 1 N–H and O–H groups in total. The van der Waals surface area contributed by atoms with Crippen LogP contribution in [0.3, 0.4) is 0 Å². The fraction of sp³-hybridized carbons (Fsp3) is 0.588. The van der Waals surface area contributed by atoms with Crippen LogP contribution in [0.15, 0.2) is 30.3 Å². The number of hydrogen-bond acceptors (Lipinski definition) is 4. The maximum Gasteiger partial charge on any atom is 0.242 e. The third-order valence-electron chi connectivity index (χ3n) is 4.30. The topological polar surface area (TPSA) is 41.6 Å². The number of nitrogens with zero attached hydrogens (tertiary/aromatic N) is 1. The van der Waals surface area contributed by atoms with Gasteiger partial charge in [-0.05, 0) is 18.4 Å². The van der Waals surface area contributed by atoms with E-state index in [0.717, 1.165) is 49.6 Å². The van der Waals surface area contributed by atoms with Crippen LogP contribution in [0.5, 0.6) is 0 Å². The summed E-state index contributed by atoms with van der Waals surface area (Å²) in [6.07, 6.45) is 2.35. The Kier molecular flexibility index (Phi) is 5.76. The molecule has 1 aromatic carbocycles. The average Bonchev–Trinajstić information content (AvgIpc) is 3.09. The van der Waals surface area contributed by atoms with Crippen molar-refractivity contribution in [3.05, 3.63) is 35.9 Å². The second-order valence-electron chi connectivity index (χ2n) is 5.84. The highest BCUT2D eigenvalue weighted by Gasteiger charge is 2.29. The predicted molar refractivity (Wildman–Crippen MR) is 90.1 cm³/mol. The molecule has 0 bridgehead atoms. The molecule has 2 atom stereocenters. The molecule has 3 rings (SSSR count). The summed E-state index contributed by atoms with van der Waals surface area (Å²) < 4.78 is 5.60. The van der Waals surface area contributed by atoms with Gasteiger partial charge in [0, 0.05) is 37.7 Å². The molecule has 2 aliphatic rings. The molecule has 0 aliphatic carbocycles. The lowest BCUT2D eigenvalue weighted by Crippen LogP contribution is -2.45. The van der Waals surface area contributed by atoms with Crippen molar-refractivity contribution in [1.82, 2.24) is 10.2 Å². The molecule has 2 fully saturated rings. The Hall–Kier alpha value is -1.04. The molecule has 5 heteroatoms. The van der Waals surface area contributed by atoms with Gasteiger partial charge in [0.2, 0.25) is 5.91 Å². The summed E-state index contributed by atoms with van der Waals surface area (Å²) in [6, 6.07) is 9.94. The molecule has 0 spiro atoms. The maximum atomic E-state index is 12.8. The van der Waals surface area contributed by atoms with E-state index in [1.807, 2.05) is 30.0 Å². The number of nitrogens with one attached hydrogen (secondary N) is 1. The van der Waals surface area contributed by atoms with Crippen molar-refractivity contribution in [2.45, 2.75) is 25.0 Å². The molecule has 2 aliphatic heterocycles. The Balaban J connectivity index is 1.67. The van der Waals surface area contributed by atoms with E-state index in [2.05, 4.69) is 22.3 Å². The van der Waals surface area contributed by atoms with E-state index in [4.69, 9.17) is 4.74 Å². The first kappa shape index (κ1) is 15.8. The smallest absolute Gasteiger partial charge is 0.242 e. The van der Waals surface area contributed by atoms with Crippen molar-refractivity contribution in [3.8, 4) is 0 Å². The summed E-state index contributed by atoms with van der Waals surface area (Å²) in [6.45, 7) is 3.39. The standard InChI is InChI=1S/C17H24N2O2S/c20-17(18-13-15-7-4-10-21-15)16(14-5-2-1-3-6-14)19-8-11-22-12-9-19/h1-3,5-6,15-16H,4,7-13H2,(H,18,20)/t15-,16-/m1/s1. The Labute approximate surface area is 136 Å². The van der Waals surface area contributed by atoms with Crippen molar-refractivity contribution in [3.63, 3.8) is 0 Å². The van der Waals surface area contributed by atoms with Gasteiger partial charge in [-0.15, -0.1) is 0 Å². The zero-order chi connectivity index (χ0) is 15.2. The highest BCUT2D eigenvalue weighted by atomic mass is 32.2. The summed E-state index contributed by atoms with van der Waals surface area (Å²) in [5.41, 5.74) is 1.08. The van der Waals surface area contributed by atoms with Gasteiger partial charge in [-0.3, -0.25) is 9.69 Å². The van der Waals surface area contributed by atoms with E-state index in [9.17, 15) is 4.79 Å². The molecule has 4 nitrogen and oxygen atoms in total. The highest BCUT2D eigenvalue weighted by molar-refractivity contribution is 7.99. The van der Waals surface area contributed by atoms with Crippen LogP contribution in [-0.4, -0.2) is 54.7 Å². The van der Waals surface area contributed by atoms with Gasteiger partial charge in [0.15, 0.2) is 0 Å². The number of amides is 1. The van der Waals surface area contributed by atoms with Crippen LogP contribution < -0.4 is 5.32 Å². The first-order valence-electron chi connectivity index (χ1n) is 8.10. The molecule has 1 amide bonds. The van der Waals surface area contributed by atoms with Gasteiger partial charge in [0.25, 0.3) is 0 Å². The lowest BCUT2D eigenvalue weighted by molar-refractivity contribution is -0.127. The molecule has 0 radical (unpaired) electrons. The highest BCUT2D eigenvalue weighted by Crippen LogP contribution is 2.24. The van der Waals surface area contributed by atoms with E-state index in [0.29, 0.717) is 6.54 Å². The van der Waals surface area contributed by atoms with Gasteiger partial charge in [0.05, 0.1) is 6.10 Å². The van der Waals surface area contributed by atoms with E-state index >= 15 is 0 Å². The zero-order valence-electron chi connectivity index (χ0n) is 12.9. The Bertz CT molecular complexity index is 471. The molecule has 2 saturated heterocycles. The quantitative estimate of drug-likeness (QED) is 0.902. The number of rotatable bonds is 5. The molecule has 0 aromatic heterocycles. The van der Waals surface area contributed by atoms with Crippen LogP contribution >= 0.6 is 11.8 Å². The van der Waals surface area contributed by atoms with E-state index in [-0.39, 0.29) is 18.1 Å². The van der Waals surface area contributed by atoms with Crippen LogP contribution in [0.25, 0.3) is 0 Å². The van der Waals surface area contributed by atoms with Crippen molar-refractivity contribution in [2.75, 3.05) is 37.7 Å². The summed E-state index contributed by atoms with van der Waals surface area (Å²) in [5, 5.41) is 3.11. The zero-order valence-corrected chi connectivity index (χ0v) is 13.7. The van der Waals surface area contributed by atoms with Gasteiger partial charge < -0.3 is 10.1 Å². The minimum absolute atomic E-state index is 0.105. The number of carbonyl (C=O) groups is 1. The van der Waals surface area contributed by atoms with Gasteiger partial charge in [-0.2, -0.15) is 11.8 Å². The third kappa shape index (κ3) is 4.03. The number of hydrogen-bond donors (Lipinski definition) is 1. The van der Waals surface area contributed by atoms with Gasteiger partial charge in [-0.25, -0.2) is 0 Å². The van der Waals surface area contributed by atoms with Crippen molar-refractivity contribution < 1.29 is 9.53 Å². The fourth-order valence-electron chi connectivity index (χ4n) is 3.12. The minimum Gasteiger partial charge on any atom is -0.376 e. The first-order chi connectivity index (χ1) is 10.8. The Morgan fingerprint density at radius 2 is 2.09 bits per heavy atom. The molecule has 1 aromatic rings. The monoisotopic (exact) mass is 320 g/mol.